The van der Waals surface area contributed by atoms with E-state index >= 15 is 0 Å². The minimum atomic E-state index is -5.10. The average molecular weight is 384 g/mol. The number of aryl methyl sites for hydroxylation is 1. The molecule has 0 aliphatic heterocycles. The maximum Gasteiger partial charge on any atom is 0.425 e. The number of aliphatic hydroxyl groups is 1. The molecule has 2 rings (SSSR count). The maximum absolute atomic E-state index is 13.4. The van der Waals surface area contributed by atoms with Crippen LogP contribution in [-0.4, -0.2) is 39.7 Å². The highest BCUT2D eigenvalue weighted by Crippen LogP contribution is 2.40. The number of imidazole rings is 1. The molecule has 1 atom stereocenters. The minimum absolute atomic E-state index is 0.137. The lowest BCUT2D eigenvalue weighted by Crippen LogP contribution is -2.46. The van der Waals surface area contributed by atoms with E-state index in [0.717, 1.165) is 10.8 Å². The van der Waals surface area contributed by atoms with E-state index in [1.54, 1.807) is 12.1 Å². The van der Waals surface area contributed by atoms with Gasteiger partial charge in [0.15, 0.2) is 5.82 Å². The molecule has 0 saturated carbocycles. The van der Waals surface area contributed by atoms with Crippen LogP contribution in [0.4, 0.5) is 18.9 Å². The van der Waals surface area contributed by atoms with Crippen molar-refractivity contribution in [1.29, 1.82) is 0 Å². The molecule has 0 fully saturated rings. The number of carbonyl (C=O) groups excluding carboxylic acids is 2. The Morgan fingerprint density at radius 3 is 2.30 bits per heavy atom. The Labute approximate surface area is 153 Å². The van der Waals surface area contributed by atoms with E-state index < -0.39 is 29.9 Å². The predicted octanol–water partition coefficient (Wildman–Crippen LogP) is 1.49. The average Bonchev–Trinajstić information content (AvgIpc) is 3.02. The van der Waals surface area contributed by atoms with Gasteiger partial charge in [-0.2, -0.15) is 13.2 Å². The molecule has 2 aromatic rings. The van der Waals surface area contributed by atoms with Crippen molar-refractivity contribution in [1.82, 2.24) is 14.9 Å². The first-order valence-electron chi connectivity index (χ1n) is 7.93. The van der Waals surface area contributed by atoms with Gasteiger partial charge in [-0.05, 0) is 17.7 Å². The molecule has 1 aromatic carbocycles. The van der Waals surface area contributed by atoms with Crippen LogP contribution >= 0.6 is 0 Å². The number of likely N-dealkylation sites (N-methyl/N-ethyl adjacent to an activating group) is 1. The topological polar surface area (TPSA) is 96.2 Å². The number of hydrogen-bond donors (Lipinski definition) is 3. The number of nitrogens with one attached hydrogen (secondary N) is 2. The monoisotopic (exact) mass is 384 g/mol. The van der Waals surface area contributed by atoms with Crippen molar-refractivity contribution in [3.63, 3.8) is 0 Å². The lowest BCUT2D eigenvalue weighted by atomic mass is 9.97. The lowest BCUT2D eigenvalue weighted by molar-refractivity contribution is -0.270. The van der Waals surface area contributed by atoms with Crippen molar-refractivity contribution >= 4 is 17.5 Å². The summed E-state index contributed by atoms with van der Waals surface area (Å²) in [5.74, 6) is -1.90. The molecule has 0 saturated heterocycles. The summed E-state index contributed by atoms with van der Waals surface area (Å²) >= 11 is 0. The van der Waals surface area contributed by atoms with E-state index in [2.05, 4.69) is 15.6 Å². The summed E-state index contributed by atoms with van der Waals surface area (Å²) in [6.45, 7) is 0. The highest BCUT2D eigenvalue weighted by Gasteiger charge is 2.58. The number of amides is 2. The molecular weight excluding hydrogens is 365 g/mol. The van der Waals surface area contributed by atoms with Crippen LogP contribution in [-0.2, 0) is 28.7 Å². The molecule has 1 heterocycles. The largest absolute Gasteiger partial charge is 0.425 e. The molecule has 7 nitrogen and oxygen atoms in total. The van der Waals surface area contributed by atoms with Crippen LogP contribution in [0.25, 0.3) is 0 Å². The van der Waals surface area contributed by atoms with Gasteiger partial charge in [0.2, 0.25) is 17.4 Å². The summed E-state index contributed by atoms with van der Waals surface area (Å²) in [5, 5.41) is 15.0. The SMILES string of the molecule is CNC(=O)Cc1ccc(NC(=O)CC(O)(c2nccn2C)C(F)(F)F)cc1. The van der Waals surface area contributed by atoms with Crippen LogP contribution in [0.2, 0.25) is 0 Å². The first-order valence-corrected chi connectivity index (χ1v) is 7.93. The number of anilines is 1. The zero-order valence-corrected chi connectivity index (χ0v) is 14.7. The molecule has 2 amide bonds. The van der Waals surface area contributed by atoms with Gasteiger partial charge in [0.25, 0.3) is 0 Å². The molecule has 0 radical (unpaired) electrons. The number of hydrogen-bond acceptors (Lipinski definition) is 4. The summed E-state index contributed by atoms with van der Waals surface area (Å²) < 4.78 is 41.3. The summed E-state index contributed by atoms with van der Waals surface area (Å²) in [4.78, 5) is 27.0. The van der Waals surface area contributed by atoms with Crippen molar-refractivity contribution in [3.05, 3.63) is 48.0 Å². The Bertz CT molecular complexity index is 818. The van der Waals surface area contributed by atoms with E-state index in [4.69, 9.17) is 0 Å². The second-order valence-corrected chi connectivity index (χ2v) is 5.99. The fraction of sp³-hybridized carbons (Fsp3) is 0.353. The number of alkyl halides is 3. The van der Waals surface area contributed by atoms with Crippen LogP contribution in [0.5, 0.6) is 0 Å². The molecule has 0 aliphatic carbocycles. The smallest absolute Gasteiger partial charge is 0.374 e. The van der Waals surface area contributed by atoms with E-state index in [1.807, 2.05) is 0 Å². The second-order valence-electron chi connectivity index (χ2n) is 5.99. The van der Waals surface area contributed by atoms with Gasteiger partial charge in [-0.1, -0.05) is 12.1 Å². The summed E-state index contributed by atoms with van der Waals surface area (Å²) in [6, 6.07) is 6.06. The zero-order valence-electron chi connectivity index (χ0n) is 14.7. The van der Waals surface area contributed by atoms with Gasteiger partial charge in [-0.3, -0.25) is 9.59 Å². The Morgan fingerprint density at radius 2 is 1.81 bits per heavy atom. The number of benzene rings is 1. The van der Waals surface area contributed by atoms with Gasteiger partial charge in [0.05, 0.1) is 12.8 Å². The molecule has 0 spiro atoms. The molecule has 10 heteroatoms. The quantitative estimate of drug-likeness (QED) is 0.703. The molecule has 0 bridgehead atoms. The Hall–Kier alpha value is -2.88. The summed E-state index contributed by atoms with van der Waals surface area (Å²) in [5.41, 5.74) is -2.51. The van der Waals surface area contributed by atoms with Crippen molar-refractivity contribution in [3.8, 4) is 0 Å². The van der Waals surface area contributed by atoms with Crippen LogP contribution in [0.1, 0.15) is 17.8 Å². The molecule has 146 valence electrons. The summed E-state index contributed by atoms with van der Waals surface area (Å²) in [7, 11) is 2.79. The molecule has 27 heavy (non-hydrogen) atoms. The van der Waals surface area contributed by atoms with Gasteiger partial charge in [-0.25, -0.2) is 4.98 Å². The molecule has 1 unspecified atom stereocenters. The number of halogens is 3. The van der Waals surface area contributed by atoms with E-state index in [9.17, 15) is 27.9 Å². The van der Waals surface area contributed by atoms with Crippen LogP contribution in [0.15, 0.2) is 36.7 Å². The minimum Gasteiger partial charge on any atom is -0.374 e. The van der Waals surface area contributed by atoms with Crippen LogP contribution in [0, 0.1) is 0 Å². The highest BCUT2D eigenvalue weighted by atomic mass is 19.4. The Kier molecular flexibility index (Phi) is 5.89. The zero-order chi connectivity index (χ0) is 20.2. The second kappa shape index (κ2) is 7.78. The number of aromatic nitrogens is 2. The molecule has 0 aliphatic rings. The number of rotatable bonds is 6. The lowest BCUT2D eigenvalue weighted by Gasteiger charge is -2.29. The molecular formula is C17H19F3N4O3. The standard InChI is InChI=1S/C17H19F3N4O3/c1-21-13(25)9-11-3-5-12(6-4-11)23-14(26)10-16(27,17(18,19)20)15-22-7-8-24(15)2/h3-8,27H,9-10H2,1-2H3,(H,21,25)(H,23,26). The fourth-order valence-electron chi connectivity index (χ4n) is 2.49. The fourth-order valence-corrected chi connectivity index (χ4v) is 2.49. The van der Waals surface area contributed by atoms with Crippen LogP contribution < -0.4 is 10.6 Å². The van der Waals surface area contributed by atoms with Crippen molar-refractivity contribution in [2.45, 2.75) is 24.6 Å². The predicted molar refractivity (Wildman–Crippen MR) is 90.6 cm³/mol. The molecule has 1 aromatic heterocycles. The third-order valence-corrected chi connectivity index (χ3v) is 3.96. The van der Waals surface area contributed by atoms with E-state index in [0.29, 0.717) is 5.56 Å². The van der Waals surface area contributed by atoms with Crippen molar-refractivity contribution < 1.29 is 27.9 Å². The van der Waals surface area contributed by atoms with Crippen LogP contribution in [0.3, 0.4) is 0 Å². The van der Waals surface area contributed by atoms with E-state index in [-0.39, 0.29) is 18.0 Å². The third kappa shape index (κ3) is 4.64. The van der Waals surface area contributed by atoms with Gasteiger partial charge in [-0.15, -0.1) is 0 Å². The van der Waals surface area contributed by atoms with Gasteiger partial charge in [0, 0.05) is 32.2 Å². The van der Waals surface area contributed by atoms with E-state index in [1.165, 1.54) is 32.4 Å². The maximum atomic E-state index is 13.4. The normalized spacial score (nSPS) is 13.7. The molecule has 3 N–H and O–H groups in total. The Balaban J connectivity index is 2.13. The first-order chi connectivity index (χ1) is 12.6. The van der Waals surface area contributed by atoms with Gasteiger partial charge in [0.1, 0.15) is 0 Å². The number of nitrogens with zero attached hydrogens (tertiary/aromatic N) is 2. The van der Waals surface area contributed by atoms with Gasteiger partial charge < -0.3 is 20.3 Å². The highest BCUT2D eigenvalue weighted by molar-refractivity contribution is 5.91. The first kappa shape index (κ1) is 20.4. The number of carbonyl (C=O) groups is 2. The van der Waals surface area contributed by atoms with Gasteiger partial charge >= 0.3 is 6.18 Å². The van der Waals surface area contributed by atoms with Crippen molar-refractivity contribution in [2.75, 3.05) is 12.4 Å². The van der Waals surface area contributed by atoms with Crippen molar-refractivity contribution in [2.24, 2.45) is 7.05 Å². The third-order valence-electron chi connectivity index (χ3n) is 3.96. The Morgan fingerprint density at radius 1 is 1.19 bits per heavy atom. The summed E-state index contributed by atoms with van der Waals surface area (Å²) in [6.07, 6.45) is -3.86.